The number of esters is 1. The minimum atomic E-state index is -1.27. The number of para-hydroxylation sites is 1. The summed E-state index contributed by atoms with van der Waals surface area (Å²) < 4.78 is 37.4. The number of hydrogen-bond acceptors (Lipinski definition) is 5. The first-order valence-corrected chi connectivity index (χ1v) is 7.98. The third-order valence-corrected chi connectivity index (χ3v) is 3.86. The van der Waals surface area contributed by atoms with Gasteiger partial charge in [-0.25, -0.2) is 8.78 Å². The van der Waals surface area contributed by atoms with Crippen LogP contribution in [0.2, 0.25) is 0 Å². The van der Waals surface area contributed by atoms with Crippen molar-refractivity contribution in [3.8, 4) is 5.75 Å². The van der Waals surface area contributed by atoms with E-state index in [0.29, 0.717) is 16.5 Å². The average molecular weight is 375 g/mol. The molecule has 0 aliphatic rings. The number of amides is 1. The van der Waals surface area contributed by atoms with Crippen LogP contribution < -0.4 is 5.32 Å². The van der Waals surface area contributed by atoms with Gasteiger partial charge in [-0.3, -0.25) is 9.59 Å². The van der Waals surface area contributed by atoms with Gasteiger partial charge in [-0.05, 0) is 31.2 Å². The van der Waals surface area contributed by atoms with Crippen molar-refractivity contribution in [2.24, 2.45) is 0 Å². The highest BCUT2D eigenvalue weighted by Gasteiger charge is 2.21. The molecule has 1 aromatic heterocycles. The number of phenols is 1. The summed E-state index contributed by atoms with van der Waals surface area (Å²) in [5, 5.41) is 12.1. The normalized spacial score (nSPS) is 12.0. The Morgan fingerprint density at radius 2 is 1.93 bits per heavy atom. The SMILES string of the molecule is C[C@@H](OC(=O)Cc1coc2cc(O)ccc12)C(=O)Nc1c(F)cccc1F. The smallest absolute Gasteiger partial charge is 0.311 e. The molecular weight excluding hydrogens is 360 g/mol. The Balaban J connectivity index is 1.63. The van der Waals surface area contributed by atoms with E-state index < -0.39 is 35.3 Å². The van der Waals surface area contributed by atoms with Crippen LogP contribution in [0.15, 0.2) is 47.1 Å². The van der Waals surface area contributed by atoms with E-state index in [9.17, 15) is 23.5 Å². The number of carbonyl (C=O) groups excluding carboxylic acids is 2. The minimum Gasteiger partial charge on any atom is -0.508 e. The lowest BCUT2D eigenvalue weighted by Crippen LogP contribution is -2.31. The first kappa shape index (κ1) is 18.4. The van der Waals surface area contributed by atoms with Crippen LogP contribution in [0.3, 0.4) is 0 Å². The van der Waals surface area contributed by atoms with E-state index in [2.05, 4.69) is 5.32 Å². The third kappa shape index (κ3) is 4.05. The first-order chi connectivity index (χ1) is 12.8. The Labute approximate surface area is 152 Å². The Morgan fingerprint density at radius 3 is 2.63 bits per heavy atom. The zero-order valence-corrected chi connectivity index (χ0v) is 14.2. The van der Waals surface area contributed by atoms with E-state index in [1.54, 1.807) is 6.07 Å². The van der Waals surface area contributed by atoms with Crippen LogP contribution in [-0.2, 0) is 20.7 Å². The number of aromatic hydroxyl groups is 1. The van der Waals surface area contributed by atoms with Crippen LogP contribution in [0.4, 0.5) is 14.5 Å². The highest BCUT2D eigenvalue weighted by Crippen LogP contribution is 2.25. The van der Waals surface area contributed by atoms with Gasteiger partial charge in [0, 0.05) is 17.0 Å². The predicted molar refractivity (Wildman–Crippen MR) is 92.1 cm³/mol. The number of phenolic OH excluding ortho intramolecular Hbond substituents is 1. The van der Waals surface area contributed by atoms with E-state index in [0.717, 1.165) is 12.1 Å². The maximum atomic E-state index is 13.6. The molecule has 27 heavy (non-hydrogen) atoms. The van der Waals surface area contributed by atoms with Gasteiger partial charge < -0.3 is 19.6 Å². The molecule has 0 saturated heterocycles. The van der Waals surface area contributed by atoms with E-state index in [1.807, 2.05) is 0 Å². The molecule has 0 radical (unpaired) electrons. The standard InChI is InChI=1S/C19H15F2NO5/c1-10(19(25)22-18-14(20)3-2-4-15(18)21)27-17(24)7-11-9-26-16-8-12(23)5-6-13(11)16/h2-6,8-10,23H,7H2,1H3,(H,22,25)/t10-/m1/s1. The number of fused-ring (bicyclic) bond motifs is 1. The summed E-state index contributed by atoms with van der Waals surface area (Å²) >= 11 is 0. The van der Waals surface area contributed by atoms with Crippen LogP contribution in [0, 0.1) is 11.6 Å². The largest absolute Gasteiger partial charge is 0.508 e. The quantitative estimate of drug-likeness (QED) is 0.666. The summed E-state index contributed by atoms with van der Waals surface area (Å²) in [6, 6.07) is 7.61. The molecule has 1 heterocycles. The zero-order chi connectivity index (χ0) is 19.6. The molecule has 0 unspecified atom stereocenters. The van der Waals surface area contributed by atoms with Crippen molar-refractivity contribution in [3.63, 3.8) is 0 Å². The Kier molecular flexibility index (Phi) is 5.07. The van der Waals surface area contributed by atoms with Crippen LogP contribution in [-0.4, -0.2) is 23.1 Å². The maximum absolute atomic E-state index is 13.6. The van der Waals surface area contributed by atoms with Crippen LogP contribution in [0.1, 0.15) is 12.5 Å². The average Bonchev–Trinajstić information content (AvgIpc) is 2.99. The van der Waals surface area contributed by atoms with Crippen molar-refractivity contribution in [1.29, 1.82) is 0 Å². The highest BCUT2D eigenvalue weighted by atomic mass is 19.1. The minimum absolute atomic E-state index is 0.0247. The summed E-state index contributed by atoms with van der Waals surface area (Å²) in [5.74, 6) is -3.43. The molecule has 0 aliphatic heterocycles. The number of ether oxygens (including phenoxy) is 1. The first-order valence-electron chi connectivity index (χ1n) is 7.98. The number of carbonyl (C=O) groups is 2. The lowest BCUT2D eigenvalue weighted by atomic mass is 10.1. The van der Waals surface area contributed by atoms with Crippen molar-refractivity contribution < 1.29 is 32.6 Å². The van der Waals surface area contributed by atoms with Gasteiger partial charge in [0.2, 0.25) is 0 Å². The summed E-state index contributed by atoms with van der Waals surface area (Å²) in [7, 11) is 0. The zero-order valence-electron chi connectivity index (χ0n) is 14.2. The van der Waals surface area contributed by atoms with Crippen LogP contribution in [0.25, 0.3) is 11.0 Å². The lowest BCUT2D eigenvalue weighted by Gasteiger charge is -2.14. The topological polar surface area (TPSA) is 88.8 Å². The molecule has 140 valence electrons. The molecule has 3 rings (SSSR count). The van der Waals surface area contributed by atoms with E-state index in [1.165, 1.54) is 31.4 Å². The Morgan fingerprint density at radius 1 is 1.22 bits per heavy atom. The number of hydrogen-bond donors (Lipinski definition) is 2. The van der Waals surface area contributed by atoms with Gasteiger partial charge >= 0.3 is 5.97 Å². The fourth-order valence-electron chi connectivity index (χ4n) is 2.50. The summed E-state index contributed by atoms with van der Waals surface area (Å²) in [5.41, 5.74) is 0.312. The van der Waals surface area contributed by atoms with Crippen molar-refractivity contribution in [1.82, 2.24) is 0 Å². The summed E-state index contributed by atoms with van der Waals surface area (Å²) in [6.45, 7) is 1.29. The molecule has 0 fully saturated rings. The number of rotatable bonds is 5. The van der Waals surface area contributed by atoms with Crippen LogP contribution in [0.5, 0.6) is 5.75 Å². The predicted octanol–water partition coefficient (Wildman–Crippen LogP) is 3.53. The van der Waals surface area contributed by atoms with Crippen molar-refractivity contribution in [2.45, 2.75) is 19.4 Å². The number of benzene rings is 2. The summed E-state index contributed by atoms with van der Waals surface area (Å²) in [4.78, 5) is 24.1. The maximum Gasteiger partial charge on any atom is 0.311 e. The fourth-order valence-corrected chi connectivity index (χ4v) is 2.50. The van der Waals surface area contributed by atoms with Crippen molar-refractivity contribution in [2.75, 3.05) is 5.32 Å². The molecular formula is C19H15F2NO5. The van der Waals surface area contributed by atoms with Crippen LogP contribution >= 0.6 is 0 Å². The molecule has 2 N–H and O–H groups in total. The fraction of sp³-hybridized carbons (Fsp3) is 0.158. The molecule has 1 amide bonds. The van der Waals surface area contributed by atoms with E-state index in [4.69, 9.17) is 9.15 Å². The third-order valence-electron chi connectivity index (χ3n) is 3.86. The van der Waals surface area contributed by atoms with Gasteiger partial charge in [-0.15, -0.1) is 0 Å². The van der Waals surface area contributed by atoms with Gasteiger partial charge in [0.25, 0.3) is 5.91 Å². The molecule has 8 heteroatoms. The number of nitrogens with one attached hydrogen (secondary N) is 1. The molecule has 0 aliphatic carbocycles. The molecule has 3 aromatic rings. The number of anilines is 1. The highest BCUT2D eigenvalue weighted by molar-refractivity contribution is 5.95. The molecule has 1 atom stereocenters. The second-order valence-electron chi connectivity index (χ2n) is 5.84. The van der Waals surface area contributed by atoms with Gasteiger partial charge in [0.1, 0.15) is 28.7 Å². The number of halogens is 2. The van der Waals surface area contributed by atoms with Gasteiger partial charge in [-0.1, -0.05) is 6.07 Å². The van der Waals surface area contributed by atoms with Gasteiger partial charge in [0.15, 0.2) is 6.10 Å². The van der Waals surface area contributed by atoms with E-state index in [-0.39, 0.29) is 12.2 Å². The van der Waals surface area contributed by atoms with E-state index >= 15 is 0 Å². The molecule has 6 nitrogen and oxygen atoms in total. The second-order valence-corrected chi connectivity index (χ2v) is 5.84. The Bertz CT molecular complexity index is 994. The lowest BCUT2D eigenvalue weighted by molar-refractivity contribution is -0.152. The number of furan rings is 1. The van der Waals surface area contributed by atoms with Gasteiger partial charge in [0.05, 0.1) is 12.7 Å². The second kappa shape index (κ2) is 7.45. The monoisotopic (exact) mass is 375 g/mol. The summed E-state index contributed by atoms with van der Waals surface area (Å²) in [6.07, 6.45) is -0.0902. The molecule has 0 saturated carbocycles. The Hall–Kier alpha value is -3.42. The molecule has 2 aromatic carbocycles. The molecule has 0 bridgehead atoms. The van der Waals surface area contributed by atoms with Gasteiger partial charge in [-0.2, -0.15) is 0 Å². The van der Waals surface area contributed by atoms with Crippen molar-refractivity contribution >= 4 is 28.5 Å². The van der Waals surface area contributed by atoms with Crippen molar-refractivity contribution in [3.05, 3.63) is 59.9 Å². The molecule has 0 spiro atoms.